The van der Waals surface area contributed by atoms with Gasteiger partial charge in [-0.15, -0.1) is 0 Å². The Morgan fingerprint density at radius 3 is 2.63 bits per heavy atom. The average Bonchev–Trinajstić information content (AvgIpc) is 2.35. The van der Waals surface area contributed by atoms with Crippen LogP contribution in [0, 0.1) is 5.92 Å². The Balaban J connectivity index is 2.18. The van der Waals surface area contributed by atoms with Gasteiger partial charge in [0.25, 0.3) is 0 Å². The fraction of sp³-hybridized carbons (Fsp3) is 0.714. The molecule has 0 radical (unpaired) electrons. The Morgan fingerprint density at radius 1 is 1.42 bits per heavy atom. The highest BCUT2D eigenvalue weighted by molar-refractivity contribution is 5.59. The van der Waals surface area contributed by atoms with Crippen molar-refractivity contribution in [3.8, 4) is 0 Å². The van der Waals surface area contributed by atoms with Crippen LogP contribution in [0.4, 0.5) is 11.6 Å². The first-order chi connectivity index (χ1) is 9.02. The second-order valence-electron chi connectivity index (χ2n) is 5.74. The van der Waals surface area contributed by atoms with E-state index in [1.165, 1.54) is 0 Å². The van der Waals surface area contributed by atoms with Crippen molar-refractivity contribution in [1.82, 2.24) is 9.97 Å². The number of anilines is 2. The van der Waals surface area contributed by atoms with Crippen molar-refractivity contribution in [2.45, 2.75) is 38.7 Å². The summed E-state index contributed by atoms with van der Waals surface area (Å²) in [5, 5.41) is 12.5. The summed E-state index contributed by atoms with van der Waals surface area (Å²) >= 11 is 0. The van der Waals surface area contributed by atoms with E-state index in [1.807, 2.05) is 7.05 Å². The molecule has 1 aromatic heterocycles. The summed E-state index contributed by atoms with van der Waals surface area (Å²) in [6.45, 7) is 5.25. The van der Waals surface area contributed by atoms with Gasteiger partial charge in [0.1, 0.15) is 18.0 Å². The van der Waals surface area contributed by atoms with Crippen LogP contribution in [-0.2, 0) is 0 Å². The fourth-order valence-electron chi connectivity index (χ4n) is 2.74. The Bertz CT molecular complexity index is 429. The maximum Gasteiger partial charge on any atom is 0.137 e. The predicted molar refractivity (Wildman–Crippen MR) is 77.7 cm³/mol. The van der Waals surface area contributed by atoms with E-state index in [1.54, 1.807) is 6.33 Å². The molecule has 1 heterocycles. The zero-order valence-electron chi connectivity index (χ0n) is 12.2. The topological polar surface area (TPSA) is 61.3 Å². The quantitative estimate of drug-likeness (QED) is 0.850. The Labute approximate surface area is 115 Å². The van der Waals surface area contributed by atoms with Gasteiger partial charge < -0.3 is 15.3 Å². The van der Waals surface area contributed by atoms with E-state index in [2.05, 4.69) is 41.1 Å². The lowest BCUT2D eigenvalue weighted by molar-refractivity contribution is 0.0464. The molecule has 1 saturated carbocycles. The van der Waals surface area contributed by atoms with Gasteiger partial charge in [0, 0.05) is 26.2 Å². The van der Waals surface area contributed by atoms with E-state index in [0.717, 1.165) is 36.6 Å². The van der Waals surface area contributed by atoms with Gasteiger partial charge in [0.05, 0.1) is 6.10 Å². The van der Waals surface area contributed by atoms with Crippen molar-refractivity contribution in [3.05, 3.63) is 11.9 Å². The number of hydrogen-bond donors (Lipinski definition) is 2. The molecule has 0 aliphatic heterocycles. The molecular formula is C14H24N4O. The summed E-state index contributed by atoms with van der Waals surface area (Å²) < 4.78 is 0. The largest absolute Gasteiger partial charge is 0.393 e. The van der Waals surface area contributed by atoms with Gasteiger partial charge in [-0.3, -0.25) is 0 Å². The maximum atomic E-state index is 9.37. The van der Waals surface area contributed by atoms with Gasteiger partial charge in [-0.2, -0.15) is 0 Å². The molecule has 0 spiro atoms. The molecule has 0 amide bonds. The molecule has 5 heteroatoms. The molecule has 1 fully saturated rings. The highest BCUT2D eigenvalue weighted by Gasteiger charge is 2.29. The van der Waals surface area contributed by atoms with Crippen LogP contribution in [0.15, 0.2) is 6.33 Å². The Kier molecular flexibility index (Phi) is 4.24. The van der Waals surface area contributed by atoms with Gasteiger partial charge in [0.2, 0.25) is 0 Å². The molecule has 2 rings (SSSR count). The van der Waals surface area contributed by atoms with E-state index in [4.69, 9.17) is 0 Å². The highest BCUT2D eigenvalue weighted by Crippen LogP contribution is 2.33. The minimum Gasteiger partial charge on any atom is -0.393 e. The monoisotopic (exact) mass is 264 g/mol. The third-order valence-corrected chi connectivity index (χ3v) is 3.78. The number of rotatable bonds is 5. The SMILES string of the molecule is CNc1ncnc(N(C)CC2CC(O)C2)c1C(C)C. The second-order valence-corrected chi connectivity index (χ2v) is 5.74. The molecule has 0 unspecified atom stereocenters. The van der Waals surface area contributed by atoms with E-state index in [9.17, 15) is 5.11 Å². The van der Waals surface area contributed by atoms with Crippen LogP contribution in [0.25, 0.3) is 0 Å². The molecule has 1 aliphatic carbocycles. The molecule has 5 nitrogen and oxygen atoms in total. The number of nitrogens with zero attached hydrogens (tertiary/aromatic N) is 3. The molecule has 0 atom stereocenters. The predicted octanol–water partition coefficient (Wildman–Crippen LogP) is 1.85. The maximum absolute atomic E-state index is 9.37. The van der Waals surface area contributed by atoms with Crippen molar-refractivity contribution in [2.75, 3.05) is 30.9 Å². The van der Waals surface area contributed by atoms with Crippen molar-refractivity contribution >= 4 is 11.6 Å². The number of aliphatic hydroxyl groups is 1. The minimum atomic E-state index is -0.0961. The van der Waals surface area contributed by atoms with E-state index in [0.29, 0.717) is 11.8 Å². The molecule has 1 aliphatic rings. The van der Waals surface area contributed by atoms with Crippen molar-refractivity contribution in [3.63, 3.8) is 0 Å². The van der Waals surface area contributed by atoms with Crippen LogP contribution in [0.3, 0.4) is 0 Å². The van der Waals surface area contributed by atoms with Gasteiger partial charge in [-0.1, -0.05) is 13.8 Å². The first-order valence-electron chi connectivity index (χ1n) is 6.94. The first kappa shape index (κ1) is 14.1. The lowest BCUT2D eigenvalue weighted by Gasteiger charge is -2.35. The van der Waals surface area contributed by atoms with Crippen LogP contribution in [-0.4, -0.2) is 41.8 Å². The molecule has 0 saturated heterocycles. The van der Waals surface area contributed by atoms with Gasteiger partial charge in [-0.25, -0.2) is 9.97 Å². The van der Waals surface area contributed by atoms with E-state index >= 15 is 0 Å². The van der Waals surface area contributed by atoms with Gasteiger partial charge >= 0.3 is 0 Å². The Morgan fingerprint density at radius 2 is 2.11 bits per heavy atom. The highest BCUT2D eigenvalue weighted by atomic mass is 16.3. The summed E-state index contributed by atoms with van der Waals surface area (Å²) in [5.41, 5.74) is 1.16. The summed E-state index contributed by atoms with van der Waals surface area (Å²) in [6.07, 6.45) is 3.33. The third-order valence-electron chi connectivity index (χ3n) is 3.78. The van der Waals surface area contributed by atoms with Crippen molar-refractivity contribution in [1.29, 1.82) is 0 Å². The second kappa shape index (κ2) is 5.74. The standard InChI is InChI=1S/C14H24N4O/c1-9(2)12-13(15-3)16-8-17-14(12)18(4)7-10-5-11(19)6-10/h8-11,19H,5-7H2,1-4H3,(H,15,16,17). The number of aliphatic hydroxyl groups excluding tert-OH is 1. The number of aromatic nitrogens is 2. The van der Waals surface area contributed by atoms with Crippen LogP contribution >= 0.6 is 0 Å². The van der Waals surface area contributed by atoms with Crippen LogP contribution < -0.4 is 10.2 Å². The van der Waals surface area contributed by atoms with Crippen molar-refractivity contribution < 1.29 is 5.11 Å². The molecule has 0 bridgehead atoms. The minimum absolute atomic E-state index is 0.0961. The van der Waals surface area contributed by atoms with Crippen molar-refractivity contribution in [2.24, 2.45) is 5.92 Å². The summed E-state index contributed by atoms with van der Waals surface area (Å²) in [7, 11) is 3.96. The van der Waals surface area contributed by atoms with E-state index < -0.39 is 0 Å². The van der Waals surface area contributed by atoms with Crippen LogP contribution in [0.2, 0.25) is 0 Å². The number of hydrogen-bond acceptors (Lipinski definition) is 5. The van der Waals surface area contributed by atoms with Crippen LogP contribution in [0.5, 0.6) is 0 Å². The Hall–Kier alpha value is -1.36. The average molecular weight is 264 g/mol. The summed E-state index contributed by atoms with van der Waals surface area (Å²) in [5.74, 6) is 2.84. The lowest BCUT2D eigenvalue weighted by Crippen LogP contribution is -2.37. The molecule has 2 N–H and O–H groups in total. The molecular weight excluding hydrogens is 240 g/mol. The molecule has 19 heavy (non-hydrogen) atoms. The summed E-state index contributed by atoms with van der Waals surface area (Å²) in [4.78, 5) is 10.9. The third kappa shape index (κ3) is 2.97. The molecule has 1 aromatic rings. The zero-order chi connectivity index (χ0) is 14.0. The molecule has 0 aromatic carbocycles. The van der Waals surface area contributed by atoms with Crippen LogP contribution in [0.1, 0.15) is 38.2 Å². The summed E-state index contributed by atoms with van der Waals surface area (Å²) in [6, 6.07) is 0. The molecule has 106 valence electrons. The van der Waals surface area contributed by atoms with Gasteiger partial charge in [-0.05, 0) is 24.7 Å². The lowest BCUT2D eigenvalue weighted by atomic mass is 9.82. The van der Waals surface area contributed by atoms with Gasteiger partial charge in [0.15, 0.2) is 0 Å². The van der Waals surface area contributed by atoms with E-state index in [-0.39, 0.29) is 6.10 Å². The normalized spacial score (nSPS) is 22.2. The smallest absolute Gasteiger partial charge is 0.137 e. The zero-order valence-corrected chi connectivity index (χ0v) is 12.2. The number of nitrogens with one attached hydrogen (secondary N) is 1. The fourth-order valence-corrected chi connectivity index (χ4v) is 2.74. The first-order valence-corrected chi connectivity index (χ1v) is 6.94.